The Morgan fingerprint density at radius 2 is 2.10 bits per heavy atom. The van der Waals surface area contributed by atoms with Crippen molar-refractivity contribution in [2.75, 3.05) is 19.8 Å². The Morgan fingerprint density at radius 1 is 1.40 bits per heavy atom. The first-order valence-electron chi connectivity index (χ1n) is 7.42. The first kappa shape index (κ1) is 15.0. The van der Waals surface area contributed by atoms with Gasteiger partial charge in [0.15, 0.2) is 0 Å². The molecular weight excluding hydrogens is 256 g/mol. The molecule has 1 unspecified atom stereocenters. The topological polar surface area (TPSA) is 58.6 Å². The summed E-state index contributed by atoms with van der Waals surface area (Å²) in [6.07, 6.45) is 6.13. The number of carbonyl (C=O) groups excluding carboxylic acids is 2. The number of carbonyl (C=O) groups is 2. The van der Waals surface area contributed by atoms with Crippen molar-refractivity contribution < 1.29 is 14.3 Å². The van der Waals surface area contributed by atoms with Crippen LogP contribution in [0, 0.1) is 0 Å². The lowest BCUT2D eigenvalue weighted by atomic mass is 9.91. The van der Waals surface area contributed by atoms with E-state index >= 15 is 0 Å². The van der Waals surface area contributed by atoms with Crippen LogP contribution >= 0.6 is 0 Å². The SMILES string of the molecule is C=CCCOCCN1C(=O)C2(CCCC2)NC(=O)C1C. The van der Waals surface area contributed by atoms with Gasteiger partial charge in [0, 0.05) is 6.54 Å². The quantitative estimate of drug-likeness (QED) is 0.588. The molecule has 0 aromatic carbocycles. The zero-order chi connectivity index (χ0) is 14.6. The first-order valence-corrected chi connectivity index (χ1v) is 7.42. The normalized spacial score (nSPS) is 25.1. The van der Waals surface area contributed by atoms with Gasteiger partial charge in [-0.25, -0.2) is 0 Å². The molecule has 1 spiro atoms. The molecule has 2 rings (SSSR count). The molecule has 1 atom stereocenters. The molecule has 5 heteroatoms. The van der Waals surface area contributed by atoms with Crippen molar-refractivity contribution >= 4 is 11.8 Å². The highest BCUT2D eigenvalue weighted by molar-refractivity contribution is 5.99. The van der Waals surface area contributed by atoms with E-state index in [0.29, 0.717) is 19.8 Å². The van der Waals surface area contributed by atoms with E-state index in [9.17, 15) is 9.59 Å². The summed E-state index contributed by atoms with van der Waals surface area (Å²) in [6, 6.07) is -0.406. The number of rotatable bonds is 6. The van der Waals surface area contributed by atoms with Crippen LogP contribution < -0.4 is 5.32 Å². The second kappa shape index (κ2) is 6.39. The van der Waals surface area contributed by atoms with Gasteiger partial charge in [0.25, 0.3) is 0 Å². The lowest BCUT2D eigenvalue weighted by Crippen LogP contribution is -2.69. The fraction of sp³-hybridized carbons (Fsp3) is 0.733. The highest BCUT2D eigenvalue weighted by Crippen LogP contribution is 2.34. The maximum atomic E-state index is 12.7. The Balaban J connectivity index is 1.96. The van der Waals surface area contributed by atoms with Crippen LogP contribution in [0.3, 0.4) is 0 Å². The smallest absolute Gasteiger partial charge is 0.249 e. The molecule has 1 aliphatic carbocycles. The summed E-state index contributed by atoms with van der Waals surface area (Å²) < 4.78 is 5.46. The van der Waals surface area contributed by atoms with Gasteiger partial charge in [0.1, 0.15) is 11.6 Å². The van der Waals surface area contributed by atoms with E-state index in [-0.39, 0.29) is 11.8 Å². The van der Waals surface area contributed by atoms with Gasteiger partial charge in [0.2, 0.25) is 11.8 Å². The fourth-order valence-electron chi connectivity index (χ4n) is 3.03. The molecule has 112 valence electrons. The molecule has 2 amide bonds. The molecule has 5 nitrogen and oxygen atoms in total. The number of piperazine rings is 1. The predicted molar refractivity (Wildman–Crippen MR) is 76.1 cm³/mol. The minimum absolute atomic E-state index is 0.0439. The van der Waals surface area contributed by atoms with E-state index < -0.39 is 11.6 Å². The Labute approximate surface area is 120 Å². The zero-order valence-electron chi connectivity index (χ0n) is 12.2. The van der Waals surface area contributed by atoms with E-state index in [1.54, 1.807) is 17.9 Å². The van der Waals surface area contributed by atoms with E-state index in [2.05, 4.69) is 11.9 Å². The Kier molecular flexibility index (Phi) is 4.81. The van der Waals surface area contributed by atoms with Gasteiger partial charge < -0.3 is 15.0 Å². The fourth-order valence-corrected chi connectivity index (χ4v) is 3.03. The molecule has 1 N–H and O–H groups in total. The molecule has 1 aliphatic heterocycles. The van der Waals surface area contributed by atoms with Gasteiger partial charge in [-0.05, 0) is 26.2 Å². The molecule has 20 heavy (non-hydrogen) atoms. The van der Waals surface area contributed by atoms with Crippen LogP contribution in [0.1, 0.15) is 39.0 Å². The minimum atomic E-state index is -0.634. The van der Waals surface area contributed by atoms with Crippen molar-refractivity contribution in [2.45, 2.75) is 50.6 Å². The molecule has 0 radical (unpaired) electrons. The highest BCUT2D eigenvalue weighted by atomic mass is 16.5. The number of nitrogens with one attached hydrogen (secondary N) is 1. The molecule has 0 aromatic heterocycles. The van der Waals surface area contributed by atoms with Gasteiger partial charge in [-0.3, -0.25) is 9.59 Å². The van der Waals surface area contributed by atoms with E-state index in [0.717, 1.165) is 32.1 Å². The van der Waals surface area contributed by atoms with Gasteiger partial charge in [-0.1, -0.05) is 18.9 Å². The van der Waals surface area contributed by atoms with Crippen LogP contribution in [-0.4, -0.2) is 48.1 Å². The maximum Gasteiger partial charge on any atom is 0.249 e. The lowest BCUT2D eigenvalue weighted by Gasteiger charge is -2.43. The van der Waals surface area contributed by atoms with Gasteiger partial charge in [-0.2, -0.15) is 0 Å². The number of hydrogen-bond acceptors (Lipinski definition) is 3. The maximum absolute atomic E-state index is 12.7. The summed E-state index contributed by atoms with van der Waals surface area (Å²) in [7, 11) is 0. The van der Waals surface area contributed by atoms with Crippen LogP contribution in [0.25, 0.3) is 0 Å². The standard InChI is InChI=1S/C15H24N2O3/c1-3-4-10-20-11-9-17-12(2)13(18)16-15(14(17)19)7-5-6-8-15/h3,12H,1,4-11H2,2H3,(H,16,18). The summed E-state index contributed by atoms with van der Waals surface area (Å²) in [4.78, 5) is 26.4. The van der Waals surface area contributed by atoms with E-state index in [1.807, 2.05) is 0 Å². The van der Waals surface area contributed by atoms with Crippen LogP contribution in [0.15, 0.2) is 12.7 Å². The molecule has 1 saturated carbocycles. The van der Waals surface area contributed by atoms with Crippen LogP contribution in [0.4, 0.5) is 0 Å². The highest BCUT2D eigenvalue weighted by Gasteiger charge is 2.50. The molecular formula is C15H24N2O3. The Bertz CT molecular complexity index is 389. The predicted octanol–water partition coefficient (Wildman–Crippen LogP) is 1.24. The largest absolute Gasteiger partial charge is 0.379 e. The number of ether oxygens (including phenoxy) is 1. The van der Waals surface area contributed by atoms with Gasteiger partial charge in [0.05, 0.1) is 13.2 Å². The molecule has 2 fully saturated rings. The summed E-state index contributed by atoms with van der Waals surface area (Å²) in [5.41, 5.74) is -0.634. The third-order valence-electron chi connectivity index (χ3n) is 4.28. The van der Waals surface area contributed by atoms with E-state index in [1.165, 1.54) is 0 Å². The van der Waals surface area contributed by atoms with Crippen LogP contribution in [0.5, 0.6) is 0 Å². The van der Waals surface area contributed by atoms with E-state index in [4.69, 9.17) is 4.74 Å². The average molecular weight is 280 g/mol. The molecule has 1 saturated heterocycles. The van der Waals surface area contributed by atoms with Crippen LogP contribution in [0.2, 0.25) is 0 Å². The van der Waals surface area contributed by atoms with Crippen LogP contribution in [-0.2, 0) is 14.3 Å². The molecule has 0 bridgehead atoms. The number of nitrogens with zero attached hydrogens (tertiary/aromatic N) is 1. The van der Waals surface area contributed by atoms with Crippen molar-refractivity contribution in [3.8, 4) is 0 Å². The number of hydrogen-bond donors (Lipinski definition) is 1. The van der Waals surface area contributed by atoms with Crippen molar-refractivity contribution in [1.82, 2.24) is 10.2 Å². The molecule has 0 aromatic rings. The summed E-state index contributed by atoms with van der Waals surface area (Å²) in [5.74, 6) is 0.0204. The average Bonchev–Trinajstić information content (AvgIpc) is 2.89. The van der Waals surface area contributed by atoms with Crippen molar-refractivity contribution in [3.05, 3.63) is 12.7 Å². The third kappa shape index (κ3) is 2.87. The first-order chi connectivity index (χ1) is 9.60. The number of amides is 2. The monoisotopic (exact) mass is 280 g/mol. The molecule has 1 heterocycles. The second-order valence-electron chi connectivity index (χ2n) is 5.64. The van der Waals surface area contributed by atoms with Gasteiger partial charge >= 0.3 is 0 Å². The molecule has 2 aliphatic rings. The minimum Gasteiger partial charge on any atom is -0.379 e. The summed E-state index contributed by atoms with van der Waals surface area (Å²) >= 11 is 0. The lowest BCUT2D eigenvalue weighted by molar-refractivity contribution is -0.154. The second-order valence-corrected chi connectivity index (χ2v) is 5.64. The summed E-state index contributed by atoms with van der Waals surface area (Å²) in [5, 5.41) is 2.95. The van der Waals surface area contributed by atoms with Crippen molar-refractivity contribution in [1.29, 1.82) is 0 Å². The van der Waals surface area contributed by atoms with Gasteiger partial charge in [-0.15, -0.1) is 6.58 Å². The zero-order valence-corrected chi connectivity index (χ0v) is 12.2. The van der Waals surface area contributed by atoms with Crippen molar-refractivity contribution in [2.24, 2.45) is 0 Å². The Morgan fingerprint density at radius 3 is 2.75 bits per heavy atom. The third-order valence-corrected chi connectivity index (χ3v) is 4.28. The Hall–Kier alpha value is -1.36. The summed E-state index contributed by atoms with van der Waals surface area (Å²) in [6.45, 7) is 6.96. The van der Waals surface area contributed by atoms with Crippen molar-refractivity contribution in [3.63, 3.8) is 0 Å².